The third-order valence-electron chi connectivity index (χ3n) is 3.96. The summed E-state index contributed by atoms with van der Waals surface area (Å²) in [6.07, 6.45) is 1.59. The fraction of sp³-hybridized carbons (Fsp3) is 0.667. The van der Waals surface area contributed by atoms with Crippen molar-refractivity contribution >= 4 is 5.91 Å². The van der Waals surface area contributed by atoms with Crippen molar-refractivity contribution in [3.05, 3.63) is 23.9 Å². The van der Waals surface area contributed by atoms with Crippen molar-refractivity contribution in [1.82, 2.24) is 14.8 Å². The number of aromatic nitrogens is 1. The number of likely N-dealkylation sites (N-methyl/N-ethyl adjacent to an activating group) is 1. The van der Waals surface area contributed by atoms with E-state index in [1.165, 1.54) is 0 Å². The number of hydrogen-bond acceptors (Lipinski definition) is 5. The van der Waals surface area contributed by atoms with Crippen LogP contribution >= 0.6 is 0 Å². The lowest BCUT2D eigenvalue weighted by molar-refractivity contribution is -0.0168. The van der Waals surface area contributed by atoms with Gasteiger partial charge in [-0.1, -0.05) is 6.92 Å². The maximum atomic E-state index is 12.5. The number of amides is 1. The van der Waals surface area contributed by atoms with E-state index in [1.807, 2.05) is 25.7 Å². The van der Waals surface area contributed by atoms with Crippen LogP contribution in [0, 0.1) is 0 Å². The molecule has 6 nitrogen and oxygen atoms in total. The van der Waals surface area contributed by atoms with Crippen LogP contribution in [0.5, 0.6) is 5.88 Å². The lowest BCUT2D eigenvalue weighted by Crippen LogP contribution is -2.48. The Kier molecular flexibility index (Phi) is 6.57. The van der Waals surface area contributed by atoms with Crippen LogP contribution in [0.4, 0.5) is 0 Å². The van der Waals surface area contributed by atoms with Gasteiger partial charge in [-0.15, -0.1) is 0 Å². The highest BCUT2D eigenvalue weighted by Crippen LogP contribution is 2.12. The monoisotopic (exact) mass is 335 g/mol. The van der Waals surface area contributed by atoms with Crippen LogP contribution in [-0.4, -0.2) is 72.2 Å². The van der Waals surface area contributed by atoms with Gasteiger partial charge in [0, 0.05) is 38.4 Å². The van der Waals surface area contributed by atoms with Gasteiger partial charge in [-0.3, -0.25) is 4.79 Å². The molecule has 0 spiro atoms. The molecule has 1 aromatic rings. The number of pyridine rings is 1. The van der Waals surface area contributed by atoms with Crippen molar-refractivity contribution in [2.45, 2.75) is 33.3 Å². The lowest BCUT2D eigenvalue weighted by Gasteiger charge is -2.34. The van der Waals surface area contributed by atoms with Crippen LogP contribution in [0.2, 0.25) is 0 Å². The summed E-state index contributed by atoms with van der Waals surface area (Å²) in [6, 6.07) is 3.52. The number of carbonyl (C=O) groups excluding carboxylic acids is 1. The predicted molar refractivity (Wildman–Crippen MR) is 93.5 cm³/mol. The summed E-state index contributed by atoms with van der Waals surface area (Å²) >= 11 is 0. The zero-order valence-corrected chi connectivity index (χ0v) is 15.2. The first kappa shape index (κ1) is 18.7. The molecule has 0 unspecified atom stereocenters. The molecule has 0 atom stereocenters. The van der Waals surface area contributed by atoms with Crippen molar-refractivity contribution in [2.24, 2.45) is 0 Å². The smallest absolute Gasteiger partial charge is 0.255 e. The van der Waals surface area contributed by atoms with Crippen molar-refractivity contribution < 1.29 is 14.3 Å². The summed E-state index contributed by atoms with van der Waals surface area (Å²) in [5.41, 5.74) is 0.438. The van der Waals surface area contributed by atoms with E-state index in [-0.39, 0.29) is 11.5 Å². The Morgan fingerprint density at radius 3 is 2.42 bits per heavy atom. The average molecular weight is 335 g/mol. The second kappa shape index (κ2) is 8.44. The zero-order chi connectivity index (χ0) is 17.6. The first-order valence-corrected chi connectivity index (χ1v) is 8.63. The van der Waals surface area contributed by atoms with Crippen molar-refractivity contribution in [3.8, 4) is 5.88 Å². The largest absolute Gasteiger partial charge is 0.475 e. The molecule has 6 heteroatoms. The van der Waals surface area contributed by atoms with Crippen LogP contribution in [0.25, 0.3) is 0 Å². The molecule has 2 heterocycles. The predicted octanol–water partition coefficient (Wildman–Crippen LogP) is 2.05. The Hall–Kier alpha value is -1.66. The Labute approximate surface area is 144 Å². The van der Waals surface area contributed by atoms with Crippen LogP contribution < -0.4 is 4.74 Å². The van der Waals surface area contributed by atoms with Crippen LogP contribution in [-0.2, 0) is 4.74 Å². The fourth-order valence-corrected chi connectivity index (χ4v) is 2.54. The van der Waals surface area contributed by atoms with Crippen LogP contribution in [0.15, 0.2) is 18.3 Å². The molecule has 0 radical (unpaired) electrons. The quantitative estimate of drug-likeness (QED) is 0.745. The highest BCUT2D eigenvalue weighted by Gasteiger charge is 2.21. The highest BCUT2D eigenvalue weighted by atomic mass is 16.5. The maximum absolute atomic E-state index is 12.5. The van der Waals surface area contributed by atoms with Gasteiger partial charge >= 0.3 is 0 Å². The third kappa shape index (κ3) is 5.76. The van der Waals surface area contributed by atoms with E-state index in [2.05, 4.69) is 16.8 Å². The minimum Gasteiger partial charge on any atom is -0.475 e. The van der Waals surface area contributed by atoms with E-state index in [0.29, 0.717) is 24.7 Å². The Morgan fingerprint density at radius 1 is 1.17 bits per heavy atom. The summed E-state index contributed by atoms with van der Waals surface area (Å²) in [6.45, 7) is 13.6. The first-order valence-electron chi connectivity index (χ1n) is 8.63. The normalized spacial score (nSPS) is 16.2. The molecule has 0 aromatic carbocycles. The number of carbonyl (C=O) groups is 1. The maximum Gasteiger partial charge on any atom is 0.255 e. The summed E-state index contributed by atoms with van der Waals surface area (Å²) in [7, 11) is 0. The summed E-state index contributed by atoms with van der Waals surface area (Å²) in [4.78, 5) is 20.9. The van der Waals surface area contributed by atoms with Gasteiger partial charge in [-0.25, -0.2) is 4.98 Å². The molecule has 0 bridgehead atoms. The summed E-state index contributed by atoms with van der Waals surface area (Å²) in [5.74, 6) is 0.556. The SMILES string of the molecule is CCN1CCN(C(=O)c2ccc(OCCOC(C)(C)C)nc2)CC1. The first-order chi connectivity index (χ1) is 11.4. The molecule has 0 N–H and O–H groups in total. The van der Waals surface area contributed by atoms with Gasteiger partial charge in [0.15, 0.2) is 0 Å². The minimum atomic E-state index is -0.172. The standard InChI is InChI=1S/C18H29N3O3/c1-5-20-8-10-21(11-9-20)17(22)15-6-7-16(19-14-15)23-12-13-24-18(2,3)4/h6-7,14H,5,8-13H2,1-4H3. The molecule has 2 rings (SSSR count). The van der Waals surface area contributed by atoms with Gasteiger partial charge in [-0.2, -0.15) is 0 Å². The van der Waals surface area contributed by atoms with E-state index in [4.69, 9.17) is 9.47 Å². The number of hydrogen-bond donors (Lipinski definition) is 0. The molecule has 1 aliphatic heterocycles. The number of piperazine rings is 1. The van der Waals surface area contributed by atoms with Gasteiger partial charge in [0.05, 0.1) is 17.8 Å². The molecule has 1 amide bonds. The van der Waals surface area contributed by atoms with E-state index in [0.717, 1.165) is 32.7 Å². The van der Waals surface area contributed by atoms with Crippen LogP contribution in [0.1, 0.15) is 38.1 Å². The topological polar surface area (TPSA) is 54.9 Å². The summed E-state index contributed by atoms with van der Waals surface area (Å²) < 4.78 is 11.1. The van der Waals surface area contributed by atoms with Crippen molar-refractivity contribution in [3.63, 3.8) is 0 Å². The lowest BCUT2D eigenvalue weighted by atomic mass is 10.2. The molecule has 24 heavy (non-hydrogen) atoms. The molecule has 1 saturated heterocycles. The third-order valence-corrected chi connectivity index (χ3v) is 3.96. The zero-order valence-electron chi connectivity index (χ0n) is 15.2. The average Bonchev–Trinajstić information content (AvgIpc) is 2.58. The molecule has 1 aromatic heterocycles. The van der Waals surface area contributed by atoms with Gasteiger partial charge < -0.3 is 19.3 Å². The van der Waals surface area contributed by atoms with Gasteiger partial charge in [0.1, 0.15) is 6.61 Å². The molecule has 134 valence electrons. The summed E-state index contributed by atoms with van der Waals surface area (Å²) in [5, 5.41) is 0. The van der Waals surface area contributed by atoms with E-state index in [1.54, 1.807) is 18.3 Å². The number of rotatable bonds is 6. The Balaban J connectivity index is 1.80. The molecular formula is C18H29N3O3. The Bertz CT molecular complexity index is 517. The second-order valence-electron chi connectivity index (χ2n) is 6.92. The molecule has 1 fully saturated rings. The highest BCUT2D eigenvalue weighted by molar-refractivity contribution is 5.94. The molecule has 0 aliphatic carbocycles. The van der Waals surface area contributed by atoms with Crippen LogP contribution in [0.3, 0.4) is 0 Å². The van der Waals surface area contributed by atoms with Gasteiger partial charge in [-0.05, 0) is 33.4 Å². The fourth-order valence-electron chi connectivity index (χ4n) is 2.54. The Morgan fingerprint density at radius 2 is 1.88 bits per heavy atom. The minimum absolute atomic E-state index is 0.0425. The van der Waals surface area contributed by atoms with Gasteiger partial charge in [0.25, 0.3) is 5.91 Å². The van der Waals surface area contributed by atoms with Gasteiger partial charge in [0.2, 0.25) is 5.88 Å². The molecular weight excluding hydrogens is 306 g/mol. The molecule has 1 aliphatic rings. The van der Waals surface area contributed by atoms with Crippen molar-refractivity contribution in [1.29, 1.82) is 0 Å². The number of nitrogens with zero attached hydrogens (tertiary/aromatic N) is 3. The second-order valence-corrected chi connectivity index (χ2v) is 6.92. The van der Waals surface area contributed by atoms with E-state index < -0.39 is 0 Å². The molecule has 0 saturated carbocycles. The van der Waals surface area contributed by atoms with E-state index >= 15 is 0 Å². The number of ether oxygens (including phenoxy) is 2. The van der Waals surface area contributed by atoms with Crippen molar-refractivity contribution in [2.75, 3.05) is 45.9 Å². The van der Waals surface area contributed by atoms with E-state index in [9.17, 15) is 4.79 Å².